The van der Waals surface area contributed by atoms with Crippen molar-refractivity contribution in [1.82, 2.24) is 9.88 Å². The molecule has 0 radical (unpaired) electrons. The highest BCUT2D eigenvalue weighted by molar-refractivity contribution is 7.13. The first kappa shape index (κ1) is 19.0. The number of nitrogens with one attached hydrogen (secondary N) is 2. The van der Waals surface area contributed by atoms with E-state index in [9.17, 15) is 9.18 Å². The summed E-state index contributed by atoms with van der Waals surface area (Å²) < 4.78 is 12.9. The number of carbonyl (C=O) groups is 1. The van der Waals surface area contributed by atoms with Gasteiger partial charge in [0.05, 0.1) is 12.2 Å². The van der Waals surface area contributed by atoms with Crippen LogP contribution < -0.4 is 10.6 Å². The van der Waals surface area contributed by atoms with E-state index in [1.165, 1.54) is 41.2 Å². The highest BCUT2D eigenvalue weighted by atomic mass is 32.1. The van der Waals surface area contributed by atoms with E-state index in [1.54, 1.807) is 0 Å². The summed E-state index contributed by atoms with van der Waals surface area (Å²) in [7, 11) is 1.86. The van der Waals surface area contributed by atoms with Crippen molar-refractivity contribution < 1.29 is 9.18 Å². The highest BCUT2D eigenvalue weighted by Gasteiger charge is 2.10. The molecule has 1 amide bonds. The van der Waals surface area contributed by atoms with Crippen LogP contribution in [0.5, 0.6) is 0 Å². The van der Waals surface area contributed by atoms with Gasteiger partial charge in [-0.05, 0) is 50.4 Å². The van der Waals surface area contributed by atoms with Crippen LogP contribution >= 0.6 is 11.3 Å². The molecule has 0 aliphatic heterocycles. The molecule has 27 heavy (non-hydrogen) atoms. The third-order valence-electron chi connectivity index (χ3n) is 3.83. The van der Waals surface area contributed by atoms with Crippen LogP contribution in [-0.4, -0.2) is 29.4 Å². The van der Waals surface area contributed by atoms with E-state index in [0.29, 0.717) is 12.2 Å². The summed E-state index contributed by atoms with van der Waals surface area (Å²) in [6, 6.07) is 13.8. The summed E-state index contributed by atoms with van der Waals surface area (Å²) >= 11 is 1.53. The molecule has 2 N–H and O–H groups in total. The van der Waals surface area contributed by atoms with Crippen molar-refractivity contribution in [3.63, 3.8) is 0 Å². The number of hydrogen-bond acceptors (Lipinski definition) is 5. The van der Waals surface area contributed by atoms with Crippen molar-refractivity contribution in [2.24, 2.45) is 0 Å². The van der Waals surface area contributed by atoms with E-state index in [-0.39, 0.29) is 18.3 Å². The number of anilines is 3. The molecular weight excluding hydrogens is 363 g/mol. The number of nitrogens with zero attached hydrogens (tertiary/aromatic N) is 2. The summed E-state index contributed by atoms with van der Waals surface area (Å²) in [5, 5.41) is 8.83. The van der Waals surface area contributed by atoms with Gasteiger partial charge >= 0.3 is 0 Å². The van der Waals surface area contributed by atoms with Gasteiger partial charge in [-0.1, -0.05) is 17.7 Å². The second kappa shape index (κ2) is 8.75. The van der Waals surface area contributed by atoms with E-state index in [2.05, 4.69) is 15.6 Å². The van der Waals surface area contributed by atoms with Crippen LogP contribution in [0.1, 0.15) is 11.3 Å². The predicted molar refractivity (Wildman–Crippen MR) is 108 cm³/mol. The lowest BCUT2D eigenvalue weighted by Gasteiger charge is -2.15. The van der Waals surface area contributed by atoms with Gasteiger partial charge in [-0.2, -0.15) is 0 Å². The van der Waals surface area contributed by atoms with E-state index in [4.69, 9.17) is 0 Å². The third-order valence-corrected chi connectivity index (χ3v) is 4.63. The van der Waals surface area contributed by atoms with Crippen molar-refractivity contribution in [2.75, 3.05) is 24.2 Å². The lowest BCUT2D eigenvalue weighted by atomic mass is 10.2. The number of amides is 1. The molecule has 0 saturated heterocycles. The summed E-state index contributed by atoms with van der Waals surface area (Å²) in [5.74, 6) is -0.485. The van der Waals surface area contributed by atoms with E-state index < -0.39 is 0 Å². The molecule has 3 rings (SSSR count). The Morgan fingerprint density at radius 1 is 1.11 bits per heavy atom. The number of rotatable bonds is 7. The molecule has 140 valence electrons. The van der Waals surface area contributed by atoms with E-state index in [0.717, 1.165) is 16.5 Å². The molecule has 0 aliphatic rings. The molecule has 1 heterocycles. The number of likely N-dealkylation sites (N-methyl/N-ethyl adjacent to an activating group) is 1. The molecule has 0 saturated carbocycles. The van der Waals surface area contributed by atoms with Gasteiger partial charge in [0.25, 0.3) is 0 Å². The van der Waals surface area contributed by atoms with Crippen LogP contribution in [0.3, 0.4) is 0 Å². The monoisotopic (exact) mass is 384 g/mol. The van der Waals surface area contributed by atoms with Crippen LogP contribution in [0, 0.1) is 12.7 Å². The molecule has 0 aliphatic carbocycles. The quantitative estimate of drug-likeness (QED) is 0.634. The van der Waals surface area contributed by atoms with Gasteiger partial charge in [0.2, 0.25) is 5.91 Å². The number of aromatic nitrogens is 1. The standard InChI is InChI=1S/C20H21FN4OS/c1-14-3-7-17(8-4-14)23-20-24-18(13-27-20)11-25(2)12-19(26)22-16-9-5-15(21)6-10-16/h3-10,13H,11-12H2,1-2H3,(H,22,26)(H,23,24). The van der Waals surface area contributed by atoms with Gasteiger partial charge in [0, 0.05) is 23.3 Å². The SMILES string of the molecule is Cc1ccc(Nc2nc(CN(C)CC(=O)Nc3ccc(F)cc3)cs2)cc1. The zero-order valence-electron chi connectivity index (χ0n) is 15.2. The Hall–Kier alpha value is -2.77. The summed E-state index contributed by atoms with van der Waals surface area (Å²) in [6.07, 6.45) is 0. The number of aryl methyl sites for hydroxylation is 1. The lowest BCUT2D eigenvalue weighted by molar-refractivity contribution is -0.117. The number of carbonyl (C=O) groups excluding carboxylic acids is 1. The van der Waals surface area contributed by atoms with Gasteiger partial charge in [-0.25, -0.2) is 9.37 Å². The zero-order valence-corrected chi connectivity index (χ0v) is 16.0. The molecule has 1 aromatic heterocycles. The summed E-state index contributed by atoms with van der Waals surface area (Å²) in [5.41, 5.74) is 3.68. The van der Waals surface area contributed by atoms with Gasteiger partial charge in [0.1, 0.15) is 5.82 Å². The fourth-order valence-corrected chi connectivity index (χ4v) is 3.23. The van der Waals surface area contributed by atoms with Crippen LogP contribution in [0.15, 0.2) is 53.9 Å². The number of benzene rings is 2. The second-order valence-electron chi connectivity index (χ2n) is 6.36. The minimum Gasteiger partial charge on any atom is -0.332 e. The molecule has 0 spiro atoms. The third kappa shape index (κ3) is 5.87. The maximum Gasteiger partial charge on any atom is 0.238 e. The van der Waals surface area contributed by atoms with Crippen molar-refractivity contribution in [3.05, 3.63) is 71.0 Å². The normalized spacial score (nSPS) is 10.8. The smallest absolute Gasteiger partial charge is 0.238 e. The predicted octanol–water partition coefficient (Wildman–Crippen LogP) is 4.40. The molecule has 5 nitrogen and oxygen atoms in total. The molecule has 0 fully saturated rings. The molecule has 7 heteroatoms. The van der Waals surface area contributed by atoms with Crippen LogP contribution in [-0.2, 0) is 11.3 Å². The Balaban J connectivity index is 1.49. The second-order valence-corrected chi connectivity index (χ2v) is 7.22. The Kier molecular flexibility index (Phi) is 6.16. The highest BCUT2D eigenvalue weighted by Crippen LogP contribution is 2.21. The van der Waals surface area contributed by atoms with Gasteiger partial charge in [-0.3, -0.25) is 9.69 Å². The van der Waals surface area contributed by atoms with Crippen molar-refractivity contribution in [1.29, 1.82) is 0 Å². The van der Waals surface area contributed by atoms with Gasteiger partial charge < -0.3 is 10.6 Å². The lowest BCUT2D eigenvalue weighted by Crippen LogP contribution is -2.29. The molecule has 0 bridgehead atoms. The first-order valence-electron chi connectivity index (χ1n) is 8.50. The minimum atomic E-state index is -0.330. The first-order valence-corrected chi connectivity index (χ1v) is 9.38. The summed E-state index contributed by atoms with van der Waals surface area (Å²) in [6.45, 7) is 2.83. The van der Waals surface area contributed by atoms with Crippen LogP contribution in [0.2, 0.25) is 0 Å². The summed E-state index contributed by atoms with van der Waals surface area (Å²) in [4.78, 5) is 18.5. The molecule has 0 atom stereocenters. The number of hydrogen-bond donors (Lipinski definition) is 2. The van der Waals surface area contributed by atoms with Gasteiger partial charge in [-0.15, -0.1) is 11.3 Å². The number of halogens is 1. The molecular formula is C20H21FN4OS. The average Bonchev–Trinajstić information content (AvgIpc) is 3.05. The Labute approximate surface area is 161 Å². The Morgan fingerprint density at radius 3 is 2.48 bits per heavy atom. The van der Waals surface area contributed by atoms with E-state index >= 15 is 0 Å². The molecule has 0 unspecified atom stereocenters. The van der Waals surface area contributed by atoms with E-state index in [1.807, 2.05) is 48.5 Å². The molecule has 3 aromatic rings. The fraction of sp³-hybridized carbons (Fsp3) is 0.200. The Morgan fingerprint density at radius 2 is 1.78 bits per heavy atom. The van der Waals surface area contributed by atoms with Crippen molar-refractivity contribution >= 4 is 33.8 Å². The maximum absolute atomic E-state index is 12.9. The average molecular weight is 384 g/mol. The maximum atomic E-state index is 12.9. The molecule has 2 aromatic carbocycles. The fourth-order valence-electron chi connectivity index (χ4n) is 2.51. The minimum absolute atomic E-state index is 0.155. The number of thiazole rings is 1. The zero-order chi connectivity index (χ0) is 19.2. The van der Waals surface area contributed by atoms with Gasteiger partial charge in [0.15, 0.2) is 5.13 Å². The largest absolute Gasteiger partial charge is 0.332 e. The first-order chi connectivity index (χ1) is 13.0. The van der Waals surface area contributed by atoms with Crippen molar-refractivity contribution in [2.45, 2.75) is 13.5 Å². The van der Waals surface area contributed by atoms with Crippen molar-refractivity contribution in [3.8, 4) is 0 Å². The van der Waals surface area contributed by atoms with Crippen LogP contribution in [0.25, 0.3) is 0 Å². The topological polar surface area (TPSA) is 57.3 Å². The van der Waals surface area contributed by atoms with Crippen LogP contribution in [0.4, 0.5) is 20.9 Å². The Bertz CT molecular complexity index is 893.